The minimum Gasteiger partial charge on any atom is -0.309 e. The first kappa shape index (κ1) is 14.7. The van der Waals surface area contributed by atoms with Crippen molar-refractivity contribution in [2.24, 2.45) is 5.73 Å². The molecule has 2 unspecified atom stereocenters. The van der Waals surface area contributed by atoms with Crippen LogP contribution in [0.3, 0.4) is 0 Å². The Morgan fingerprint density at radius 1 is 1.33 bits per heavy atom. The summed E-state index contributed by atoms with van der Waals surface area (Å²) in [5.74, 6) is 0. The van der Waals surface area contributed by atoms with Crippen LogP contribution in [0, 0.1) is 11.3 Å². The van der Waals surface area contributed by atoms with Crippen LogP contribution >= 0.6 is 0 Å². The van der Waals surface area contributed by atoms with Gasteiger partial charge in [0.2, 0.25) is 0 Å². The van der Waals surface area contributed by atoms with E-state index < -0.39 is 5.54 Å². The van der Waals surface area contributed by atoms with E-state index in [0.717, 1.165) is 18.5 Å². The second-order valence-corrected chi connectivity index (χ2v) is 4.77. The summed E-state index contributed by atoms with van der Waals surface area (Å²) in [5, 5.41) is 9.44. The average molecular weight is 245 g/mol. The van der Waals surface area contributed by atoms with Crippen molar-refractivity contribution < 1.29 is 0 Å². The van der Waals surface area contributed by atoms with Gasteiger partial charge in [-0.05, 0) is 25.5 Å². The number of rotatable bonds is 6. The van der Waals surface area contributed by atoms with Gasteiger partial charge in [-0.15, -0.1) is 0 Å². The van der Waals surface area contributed by atoms with Gasteiger partial charge in [-0.1, -0.05) is 44.2 Å². The summed E-state index contributed by atoms with van der Waals surface area (Å²) in [6.07, 6.45) is 1.06. The first-order valence-electron chi connectivity index (χ1n) is 6.57. The van der Waals surface area contributed by atoms with Crippen molar-refractivity contribution in [2.45, 2.75) is 38.8 Å². The van der Waals surface area contributed by atoms with E-state index in [9.17, 15) is 5.26 Å². The van der Waals surface area contributed by atoms with Crippen LogP contribution in [-0.2, 0) is 5.54 Å². The minimum absolute atomic E-state index is 0.440. The van der Waals surface area contributed by atoms with Crippen molar-refractivity contribution in [1.82, 2.24) is 4.90 Å². The van der Waals surface area contributed by atoms with Crippen LogP contribution in [0.25, 0.3) is 0 Å². The van der Waals surface area contributed by atoms with Gasteiger partial charge in [0, 0.05) is 12.6 Å². The van der Waals surface area contributed by atoms with Gasteiger partial charge in [-0.25, -0.2) is 0 Å². The summed E-state index contributed by atoms with van der Waals surface area (Å²) in [7, 11) is 0. The second kappa shape index (κ2) is 6.53. The lowest BCUT2D eigenvalue weighted by molar-refractivity contribution is 0.184. The summed E-state index contributed by atoms with van der Waals surface area (Å²) >= 11 is 0. The molecule has 18 heavy (non-hydrogen) atoms. The Balaban J connectivity index is 2.93. The molecule has 0 saturated heterocycles. The Bertz CT molecular complexity index is 396. The van der Waals surface area contributed by atoms with Gasteiger partial charge in [-0.3, -0.25) is 4.90 Å². The molecule has 0 amide bonds. The van der Waals surface area contributed by atoms with Crippen molar-refractivity contribution in [2.75, 3.05) is 13.1 Å². The van der Waals surface area contributed by atoms with E-state index in [2.05, 4.69) is 31.7 Å². The standard InChI is InChI=1S/C15H23N3/c1-4-13(3)18(5-2)12-15(17,11-16)14-9-7-6-8-10-14/h6-10,13H,4-5,12,17H2,1-3H3. The molecule has 3 heteroatoms. The van der Waals surface area contributed by atoms with Crippen LogP contribution in [0.4, 0.5) is 0 Å². The van der Waals surface area contributed by atoms with Gasteiger partial charge < -0.3 is 5.73 Å². The first-order valence-corrected chi connectivity index (χ1v) is 6.57. The molecule has 0 aliphatic carbocycles. The fourth-order valence-corrected chi connectivity index (χ4v) is 2.08. The molecule has 1 rings (SSSR count). The quantitative estimate of drug-likeness (QED) is 0.837. The lowest BCUT2D eigenvalue weighted by Gasteiger charge is -2.33. The average Bonchev–Trinajstić information content (AvgIpc) is 2.44. The normalized spacial score (nSPS) is 16.0. The van der Waals surface area contributed by atoms with Crippen molar-refractivity contribution in [3.05, 3.63) is 35.9 Å². The molecule has 0 fully saturated rings. The van der Waals surface area contributed by atoms with Gasteiger partial charge in [0.05, 0.1) is 6.07 Å². The Morgan fingerprint density at radius 2 is 1.94 bits per heavy atom. The molecule has 1 aromatic carbocycles. The van der Waals surface area contributed by atoms with Crippen LogP contribution in [-0.4, -0.2) is 24.0 Å². The summed E-state index contributed by atoms with van der Waals surface area (Å²) in [5.41, 5.74) is 6.24. The summed E-state index contributed by atoms with van der Waals surface area (Å²) in [6.45, 7) is 7.91. The zero-order valence-electron chi connectivity index (χ0n) is 11.6. The molecule has 98 valence electrons. The van der Waals surface area contributed by atoms with E-state index in [4.69, 9.17) is 5.73 Å². The molecule has 0 heterocycles. The van der Waals surface area contributed by atoms with Gasteiger partial charge in [0.1, 0.15) is 5.54 Å². The van der Waals surface area contributed by atoms with Gasteiger partial charge in [-0.2, -0.15) is 5.26 Å². The van der Waals surface area contributed by atoms with E-state index in [0.29, 0.717) is 12.6 Å². The summed E-state index contributed by atoms with van der Waals surface area (Å²) < 4.78 is 0. The highest BCUT2D eigenvalue weighted by Crippen LogP contribution is 2.20. The van der Waals surface area contributed by atoms with Crippen molar-refractivity contribution in [3.63, 3.8) is 0 Å². The maximum Gasteiger partial charge on any atom is 0.142 e. The SMILES string of the molecule is CCC(C)N(CC)CC(N)(C#N)c1ccccc1. The molecule has 2 atom stereocenters. The lowest BCUT2D eigenvalue weighted by atomic mass is 9.91. The van der Waals surface area contributed by atoms with Crippen LogP contribution in [0.1, 0.15) is 32.8 Å². The maximum atomic E-state index is 9.44. The third kappa shape index (κ3) is 3.32. The number of hydrogen-bond acceptors (Lipinski definition) is 3. The van der Waals surface area contributed by atoms with Gasteiger partial charge >= 0.3 is 0 Å². The molecule has 0 aromatic heterocycles. The van der Waals surface area contributed by atoms with E-state index in [-0.39, 0.29) is 0 Å². The predicted octanol–water partition coefficient (Wildman–Crippen LogP) is 2.48. The van der Waals surface area contributed by atoms with Crippen LogP contribution in [0.2, 0.25) is 0 Å². The largest absolute Gasteiger partial charge is 0.309 e. The zero-order chi connectivity index (χ0) is 13.6. The first-order chi connectivity index (χ1) is 8.57. The number of likely N-dealkylation sites (N-methyl/N-ethyl adjacent to an activating group) is 1. The number of benzene rings is 1. The van der Waals surface area contributed by atoms with Crippen LogP contribution < -0.4 is 5.73 Å². The Kier molecular flexibility index (Phi) is 5.33. The highest BCUT2D eigenvalue weighted by Gasteiger charge is 2.30. The van der Waals surface area contributed by atoms with Crippen molar-refractivity contribution in [3.8, 4) is 6.07 Å². The van der Waals surface area contributed by atoms with E-state index in [1.165, 1.54) is 0 Å². The van der Waals surface area contributed by atoms with Gasteiger partial charge in [0.15, 0.2) is 0 Å². The van der Waals surface area contributed by atoms with E-state index >= 15 is 0 Å². The number of nitriles is 1. The van der Waals surface area contributed by atoms with Crippen molar-refractivity contribution >= 4 is 0 Å². The fraction of sp³-hybridized carbons (Fsp3) is 0.533. The molecule has 0 bridgehead atoms. The molecular weight excluding hydrogens is 222 g/mol. The Morgan fingerprint density at radius 3 is 2.39 bits per heavy atom. The molecule has 0 aliphatic rings. The predicted molar refractivity (Wildman–Crippen MR) is 74.9 cm³/mol. The summed E-state index contributed by atoms with van der Waals surface area (Å²) in [6, 6.07) is 12.3. The number of nitrogens with zero attached hydrogens (tertiary/aromatic N) is 2. The van der Waals surface area contributed by atoms with Crippen molar-refractivity contribution in [1.29, 1.82) is 5.26 Å². The summed E-state index contributed by atoms with van der Waals surface area (Å²) in [4.78, 5) is 2.26. The second-order valence-electron chi connectivity index (χ2n) is 4.77. The van der Waals surface area contributed by atoms with Crippen LogP contribution in [0.5, 0.6) is 0 Å². The molecule has 3 nitrogen and oxygen atoms in total. The molecule has 0 saturated carbocycles. The van der Waals surface area contributed by atoms with Gasteiger partial charge in [0.25, 0.3) is 0 Å². The molecule has 1 aromatic rings. The maximum absolute atomic E-state index is 9.44. The van der Waals surface area contributed by atoms with E-state index in [1.807, 2.05) is 30.3 Å². The molecule has 0 aliphatic heterocycles. The topological polar surface area (TPSA) is 53.0 Å². The van der Waals surface area contributed by atoms with Crippen LogP contribution in [0.15, 0.2) is 30.3 Å². The fourth-order valence-electron chi connectivity index (χ4n) is 2.08. The zero-order valence-corrected chi connectivity index (χ0v) is 11.6. The smallest absolute Gasteiger partial charge is 0.142 e. The number of hydrogen-bond donors (Lipinski definition) is 1. The Hall–Kier alpha value is -1.37. The molecule has 0 radical (unpaired) electrons. The highest BCUT2D eigenvalue weighted by atomic mass is 15.2. The highest BCUT2D eigenvalue weighted by molar-refractivity contribution is 5.31. The minimum atomic E-state index is -0.930. The molecule has 2 N–H and O–H groups in total. The number of nitrogens with two attached hydrogens (primary N) is 1. The third-order valence-corrected chi connectivity index (χ3v) is 3.56. The third-order valence-electron chi connectivity index (χ3n) is 3.56. The Labute approximate surface area is 110 Å². The molecular formula is C15H23N3. The van der Waals surface area contributed by atoms with E-state index in [1.54, 1.807) is 0 Å². The lowest BCUT2D eigenvalue weighted by Crippen LogP contribution is -2.49. The monoisotopic (exact) mass is 245 g/mol. The molecule has 0 spiro atoms.